The lowest BCUT2D eigenvalue weighted by atomic mass is 10.1. The van der Waals surface area contributed by atoms with Crippen molar-refractivity contribution in [3.8, 4) is 0 Å². The summed E-state index contributed by atoms with van der Waals surface area (Å²) in [6, 6.07) is 3.45. The van der Waals surface area contributed by atoms with Crippen LogP contribution >= 0.6 is 11.3 Å². The van der Waals surface area contributed by atoms with Crippen molar-refractivity contribution in [1.82, 2.24) is 14.6 Å². The summed E-state index contributed by atoms with van der Waals surface area (Å²) in [4.78, 5) is 4.31. The Morgan fingerprint density at radius 3 is 3.00 bits per heavy atom. The molecule has 1 N–H and O–H groups in total. The number of hydrogen-bond donors (Lipinski definition) is 1. The van der Waals surface area contributed by atoms with Crippen LogP contribution < -0.4 is 5.32 Å². The summed E-state index contributed by atoms with van der Waals surface area (Å²) in [6.07, 6.45) is 5.05. The van der Waals surface area contributed by atoms with E-state index in [-0.39, 0.29) is 0 Å². The van der Waals surface area contributed by atoms with Crippen LogP contribution in [-0.4, -0.2) is 37.3 Å². The molecule has 0 aromatic carbocycles. The highest BCUT2D eigenvalue weighted by Crippen LogP contribution is 2.39. The number of oxazole rings is 1. The highest BCUT2D eigenvalue weighted by molar-refractivity contribution is 7.91. The summed E-state index contributed by atoms with van der Waals surface area (Å²) < 4.78 is 32.8. The van der Waals surface area contributed by atoms with Gasteiger partial charge in [-0.2, -0.15) is 4.31 Å². The van der Waals surface area contributed by atoms with Gasteiger partial charge in [0.1, 0.15) is 9.97 Å². The second-order valence-corrected chi connectivity index (χ2v) is 9.63. The van der Waals surface area contributed by atoms with Crippen LogP contribution in [0.1, 0.15) is 36.8 Å². The number of nitrogens with zero attached hydrogens (tertiary/aromatic N) is 2. The Hall–Kier alpha value is -1.22. The molecule has 4 rings (SSSR count). The lowest BCUT2D eigenvalue weighted by Gasteiger charge is -2.15. The summed E-state index contributed by atoms with van der Waals surface area (Å²) in [5.74, 6) is 2.59. The van der Waals surface area contributed by atoms with E-state index in [0.717, 1.165) is 24.6 Å². The SMILES string of the molecule is O=S(=O)(c1cccs1)N1CC[C@H](CNCc2cnc(C3CC3)o2)C1. The first-order chi connectivity index (χ1) is 11.6. The van der Waals surface area contributed by atoms with Crippen LogP contribution in [0.15, 0.2) is 32.3 Å². The van der Waals surface area contributed by atoms with Crippen molar-refractivity contribution in [1.29, 1.82) is 0 Å². The Morgan fingerprint density at radius 1 is 1.38 bits per heavy atom. The zero-order valence-electron chi connectivity index (χ0n) is 13.3. The average molecular weight is 367 g/mol. The minimum Gasteiger partial charge on any atom is -0.444 e. The lowest BCUT2D eigenvalue weighted by molar-refractivity contribution is 0.415. The molecular weight excluding hydrogens is 346 g/mol. The van der Waals surface area contributed by atoms with Crippen LogP contribution in [0.3, 0.4) is 0 Å². The Balaban J connectivity index is 1.26. The predicted molar refractivity (Wildman–Crippen MR) is 91.4 cm³/mol. The fourth-order valence-corrected chi connectivity index (χ4v) is 5.72. The molecule has 1 atom stereocenters. The van der Waals surface area contributed by atoms with Gasteiger partial charge >= 0.3 is 0 Å². The first-order valence-corrected chi connectivity index (χ1v) is 10.6. The first-order valence-electron chi connectivity index (χ1n) is 8.32. The number of hydrogen-bond acceptors (Lipinski definition) is 6. The van der Waals surface area contributed by atoms with Crippen molar-refractivity contribution in [2.24, 2.45) is 5.92 Å². The van der Waals surface area contributed by atoms with Gasteiger partial charge in [-0.05, 0) is 43.2 Å². The Morgan fingerprint density at radius 2 is 2.25 bits per heavy atom. The molecule has 0 amide bonds. The molecule has 1 aliphatic carbocycles. The lowest BCUT2D eigenvalue weighted by Crippen LogP contribution is -2.30. The average Bonchev–Trinajstić information content (AvgIpc) is 3.04. The number of sulfonamides is 1. The number of rotatable bonds is 7. The minimum atomic E-state index is -3.31. The normalized spacial score (nSPS) is 22.2. The van der Waals surface area contributed by atoms with Gasteiger partial charge in [-0.15, -0.1) is 11.3 Å². The standard InChI is InChI=1S/C16H21N3O3S2/c20-24(21,15-2-1-7-23-15)19-6-5-12(11-19)8-17-9-14-10-18-16(22-14)13-3-4-13/h1-2,7,10,12-13,17H,3-6,8-9,11H2/t12-/m1/s1. The van der Waals surface area contributed by atoms with Gasteiger partial charge in [0.15, 0.2) is 5.89 Å². The molecule has 0 bridgehead atoms. The molecule has 1 aliphatic heterocycles. The van der Waals surface area contributed by atoms with Crippen molar-refractivity contribution in [3.63, 3.8) is 0 Å². The van der Waals surface area contributed by atoms with Crippen LogP contribution in [0, 0.1) is 5.92 Å². The Labute approximate surface area is 145 Å². The van der Waals surface area contributed by atoms with Gasteiger partial charge in [-0.3, -0.25) is 0 Å². The molecule has 130 valence electrons. The topological polar surface area (TPSA) is 75.4 Å². The minimum absolute atomic E-state index is 0.338. The zero-order chi connectivity index (χ0) is 16.6. The van der Waals surface area contributed by atoms with Crippen molar-refractivity contribution < 1.29 is 12.8 Å². The third-order valence-electron chi connectivity index (χ3n) is 4.57. The third kappa shape index (κ3) is 3.42. The molecule has 3 heterocycles. The monoisotopic (exact) mass is 367 g/mol. The summed E-state index contributed by atoms with van der Waals surface area (Å²) >= 11 is 1.28. The second-order valence-electron chi connectivity index (χ2n) is 6.52. The van der Waals surface area contributed by atoms with E-state index in [0.29, 0.717) is 35.7 Å². The maximum absolute atomic E-state index is 12.5. The molecule has 0 spiro atoms. The molecule has 6 nitrogen and oxygen atoms in total. The summed E-state index contributed by atoms with van der Waals surface area (Å²) in [7, 11) is -3.31. The van der Waals surface area contributed by atoms with E-state index >= 15 is 0 Å². The van der Waals surface area contributed by atoms with Crippen LogP contribution in [0.25, 0.3) is 0 Å². The van der Waals surface area contributed by atoms with E-state index in [1.54, 1.807) is 28.0 Å². The van der Waals surface area contributed by atoms with E-state index in [1.165, 1.54) is 24.2 Å². The first kappa shape index (κ1) is 16.3. The second kappa shape index (κ2) is 6.59. The van der Waals surface area contributed by atoms with E-state index in [2.05, 4.69) is 10.3 Å². The third-order valence-corrected chi connectivity index (χ3v) is 7.81. The van der Waals surface area contributed by atoms with Crippen molar-refractivity contribution in [2.45, 2.75) is 35.9 Å². The summed E-state index contributed by atoms with van der Waals surface area (Å²) in [5.41, 5.74) is 0. The van der Waals surface area contributed by atoms with Gasteiger partial charge in [0.05, 0.1) is 12.7 Å². The van der Waals surface area contributed by atoms with Gasteiger partial charge < -0.3 is 9.73 Å². The highest BCUT2D eigenvalue weighted by atomic mass is 32.2. The predicted octanol–water partition coefficient (Wildman–Crippen LogP) is 2.41. The summed E-state index contributed by atoms with van der Waals surface area (Å²) in [5, 5.41) is 5.17. The molecule has 2 aromatic rings. The summed E-state index contributed by atoms with van der Waals surface area (Å²) in [6.45, 7) is 2.61. The zero-order valence-corrected chi connectivity index (χ0v) is 15.0. The Kier molecular flexibility index (Phi) is 4.46. The van der Waals surface area contributed by atoms with Gasteiger partial charge in [0, 0.05) is 19.0 Å². The van der Waals surface area contributed by atoms with Crippen molar-refractivity contribution >= 4 is 21.4 Å². The molecule has 0 unspecified atom stereocenters. The van der Waals surface area contributed by atoms with E-state index < -0.39 is 10.0 Å². The number of nitrogens with one attached hydrogen (secondary N) is 1. The molecule has 2 aliphatic rings. The van der Waals surface area contributed by atoms with E-state index in [1.807, 2.05) is 0 Å². The quantitative estimate of drug-likeness (QED) is 0.813. The maximum atomic E-state index is 12.5. The smallest absolute Gasteiger partial charge is 0.252 e. The van der Waals surface area contributed by atoms with Gasteiger partial charge in [0.2, 0.25) is 0 Å². The van der Waals surface area contributed by atoms with E-state index in [4.69, 9.17) is 4.42 Å². The van der Waals surface area contributed by atoms with Crippen LogP contribution in [0.4, 0.5) is 0 Å². The molecule has 24 heavy (non-hydrogen) atoms. The van der Waals surface area contributed by atoms with Gasteiger partial charge in [0.25, 0.3) is 10.0 Å². The highest BCUT2D eigenvalue weighted by Gasteiger charge is 2.33. The number of thiophene rings is 1. The molecule has 1 saturated carbocycles. The number of aromatic nitrogens is 1. The molecule has 2 aromatic heterocycles. The van der Waals surface area contributed by atoms with E-state index in [9.17, 15) is 8.42 Å². The largest absolute Gasteiger partial charge is 0.444 e. The Bertz CT molecular complexity index is 781. The van der Waals surface area contributed by atoms with Crippen LogP contribution in [-0.2, 0) is 16.6 Å². The fraction of sp³-hybridized carbons (Fsp3) is 0.562. The molecule has 0 radical (unpaired) electrons. The van der Waals surface area contributed by atoms with Crippen molar-refractivity contribution in [2.75, 3.05) is 19.6 Å². The molecular formula is C16H21N3O3S2. The van der Waals surface area contributed by atoms with Gasteiger partial charge in [-0.1, -0.05) is 6.07 Å². The van der Waals surface area contributed by atoms with Crippen LogP contribution in [0.5, 0.6) is 0 Å². The van der Waals surface area contributed by atoms with Gasteiger partial charge in [-0.25, -0.2) is 13.4 Å². The van der Waals surface area contributed by atoms with Crippen molar-refractivity contribution in [3.05, 3.63) is 35.4 Å². The fourth-order valence-electron chi connectivity index (χ4n) is 3.04. The molecule has 8 heteroatoms. The molecule has 2 fully saturated rings. The van der Waals surface area contributed by atoms with Crippen LogP contribution in [0.2, 0.25) is 0 Å². The molecule has 1 saturated heterocycles. The maximum Gasteiger partial charge on any atom is 0.252 e.